The summed E-state index contributed by atoms with van der Waals surface area (Å²) in [5.74, 6) is 0.831. The fourth-order valence-corrected chi connectivity index (χ4v) is 2.61. The first-order chi connectivity index (χ1) is 11.6. The molecule has 1 aliphatic rings. The summed E-state index contributed by atoms with van der Waals surface area (Å²) in [5, 5.41) is 8.94. The van der Waals surface area contributed by atoms with E-state index in [0.29, 0.717) is 25.0 Å². The molecule has 24 heavy (non-hydrogen) atoms. The Kier molecular flexibility index (Phi) is 4.71. The monoisotopic (exact) mass is 332 g/mol. The zero-order chi connectivity index (χ0) is 17.1. The number of oxazole rings is 1. The lowest BCUT2D eigenvalue weighted by Crippen LogP contribution is -2.25. The Bertz CT molecular complexity index is 724. The van der Waals surface area contributed by atoms with Gasteiger partial charge in [-0.25, -0.2) is 9.78 Å². The van der Waals surface area contributed by atoms with E-state index in [9.17, 15) is 4.79 Å². The average molecular weight is 332 g/mol. The summed E-state index contributed by atoms with van der Waals surface area (Å²) in [6, 6.07) is 6.19. The summed E-state index contributed by atoms with van der Waals surface area (Å²) < 4.78 is 16.0. The van der Waals surface area contributed by atoms with Gasteiger partial charge in [0.05, 0.1) is 20.8 Å². The molecule has 1 fully saturated rings. The van der Waals surface area contributed by atoms with Crippen LogP contribution in [0.4, 0.5) is 0 Å². The highest BCUT2D eigenvalue weighted by atomic mass is 16.5. The van der Waals surface area contributed by atoms with E-state index in [1.165, 1.54) is 6.26 Å². The molecule has 0 saturated heterocycles. The lowest BCUT2D eigenvalue weighted by molar-refractivity contribution is 0.0690. The molecule has 7 nitrogen and oxygen atoms in total. The predicted octanol–water partition coefficient (Wildman–Crippen LogP) is 2.55. The maximum Gasteiger partial charge on any atom is 0.357 e. The molecule has 0 amide bonds. The Hall–Kier alpha value is -2.54. The number of benzene rings is 1. The van der Waals surface area contributed by atoms with Crippen LogP contribution < -0.4 is 9.47 Å². The Labute approximate surface area is 139 Å². The third kappa shape index (κ3) is 3.68. The van der Waals surface area contributed by atoms with Crippen molar-refractivity contribution >= 4 is 5.97 Å². The summed E-state index contributed by atoms with van der Waals surface area (Å²) >= 11 is 0. The molecule has 2 aromatic rings. The molecule has 1 aromatic heterocycles. The van der Waals surface area contributed by atoms with Crippen LogP contribution in [-0.4, -0.2) is 41.2 Å². The Balaban J connectivity index is 1.75. The molecule has 0 bridgehead atoms. The molecule has 1 heterocycles. The molecule has 128 valence electrons. The SMILES string of the molecule is COc1ccc(CN(Cc2nc(C(=O)O)co2)C2CC2)c(OC)c1. The number of carbonyl (C=O) groups is 1. The van der Waals surface area contributed by atoms with Crippen LogP contribution in [0, 0.1) is 0 Å². The average Bonchev–Trinajstić information content (AvgIpc) is 3.33. The van der Waals surface area contributed by atoms with Crippen molar-refractivity contribution in [2.24, 2.45) is 0 Å². The van der Waals surface area contributed by atoms with Gasteiger partial charge >= 0.3 is 5.97 Å². The Morgan fingerprint density at radius 3 is 2.71 bits per heavy atom. The third-order valence-corrected chi connectivity index (χ3v) is 4.04. The quantitative estimate of drug-likeness (QED) is 0.795. The zero-order valence-corrected chi connectivity index (χ0v) is 13.7. The third-order valence-electron chi connectivity index (χ3n) is 4.04. The number of carboxylic acids is 1. The maximum absolute atomic E-state index is 10.9. The van der Waals surface area contributed by atoms with Gasteiger partial charge in [0, 0.05) is 24.2 Å². The molecule has 1 saturated carbocycles. The number of carboxylic acid groups (broad SMARTS) is 1. The van der Waals surface area contributed by atoms with E-state index >= 15 is 0 Å². The highest BCUT2D eigenvalue weighted by molar-refractivity contribution is 5.84. The van der Waals surface area contributed by atoms with Crippen LogP contribution in [0.1, 0.15) is 34.8 Å². The molecule has 1 N–H and O–H groups in total. The number of hydrogen-bond acceptors (Lipinski definition) is 6. The summed E-state index contributed by atoms with van der Waals surface area (Å²) in [6.07, 6.45) is 3.41. The van der Waals surface area contributed by atoms with Crippen LogP contribution in [0.5, 0.6) is 11.5 Å². The number of aromatic carboxylic acids is 1. The van der Waals surface area contributed by atoms with E-state index in [1.54, 1.807) is 14.2 Å². The molecule has 7 heteroatoms. The van der Waals surface area contributed by atoms with Crippen LogP contribution in [-0.2, 0) is 13.1 Å². The first-order valence-corrected chi connectivity index (χ1v) is 7.73. The summed E-state index contributed by atoms with van der Waals surface area (Å²) in [4.78, 5) is 17.2. The number of ether oxygens (including phenoxy) is 2. The molecule has 3 rings (SSSR count). The normalized spacial score (nSPS) is 14.0. The van der Waals surface area contributed by atoms with Crippen LogP contribution >= 0.6 is 0 Å². The molecule has 0 atom stereocenters. The minimum atomic E-state index is -1.08. The van der Waals surface area contributed by atoms with E-state index in [0.717, 1.165) is 29.9 Å². The highest BCUT2D eigenvalue weighted by Gasteiger charge is 2.31. The van der Waals surface area contributed by atoms with Crippen molar-refractivity contribution in [2.75, 3.05) is 14.2 Å². The van der Waals surface area contributed by atoms with Gasteiger partial charge in [0.15, 0.2) is 5.69 Å². The number of nitrogens with zero attached hydrogens (tertiary/aromatic N) is 2. The summed E-state index contributed by atoms with van der Waals surface area (Å²) in [6.45, 7) is 1.13. The molecular weight excluding hydrogens is 312 g/mol. The molecule has 1 aliphatic carbocycles. The molecular formula is C17H20N2O5. The van der Waals surface area contributed by atoms with Gasteiger partial charge in [-0.2, -0.15) is 0 Å². The minimum absolute atomic E-state index is 0.0669. The van der Waals surface area contributed by atoms with Crippen LogP contribution in [0.3, 0.4) is 0 Å². The zero-order valence-electron chi connectivity index (χ0n) is 13.7. The first kappa shape index (κ1) is 16.3. The van der Waals surface area contributed by atoms with Crippen molar-refractivity contribution in [3.8, 4) is 11.5 Å². The molecule has 0 unspecified atom stereocenters. The molecule has 0 radical (unpaired) electrons. The molecule has 0 spiro atoms. The second-order valence-electron chi connectivity index (χ2n) is 5.75. The van der Waals surface area contributed by atoms with E-state index in [-0.39, 0.29) is 5.69 Å². The fraction of sp³-hybridized carbons (Fsp3) is 0.412. The minimum Gasteiger partial charge on any atom is -0.497 e. The van der Waals surface area contributed by atoms with Crippen molar-refractivity contribution in [1.82, 2.24) is 9.88 Å². The Morgan fingerprint density at radius 1 is 1.33 bits per heavy atom. The van der Waals surface area contributed by atoms with Crippen molar-refractivity contribution in [1.29, 1.82) is 0 Å². The Morgan fingerprint density at radius 2 is 2.12 bits per heavy atom. The van der Waals surface area contributed by atoms with Gasteiger partial charge in [-0.1, -0.05) is 6.07 Å². The van der Waals surface area contributed by atoms with Gasteiger partial charge in [-0.3, -0.25) is 4.90 Å². The van der Waals surface area contributed by atoms with Crippen LogP contribution in [0.25, 0.3) is 0 Å². The van der Waals surface area contributed by atoms with Crippen LogP contribution in [0.15, 0.2) is 28.9 Å². The highest BCUT2D eigenvalue weighted by Crippen LogP contribution is 2.32. The summed E-state index contributed by atoms with van der Waals surface area (Å²) in [5.41, 5.74) is 0.970. The van der Waals surface area contributed by atoms with Gasteiger partial charge in [0.2, 0.25) is 5.89 Å². The van der Waals surface area contributed by atoms with Gasteiger partial charge < -0.3 is 19.0 Å². The standard InChI is InChI=1S/C17H20N2O5/c1-22-13-6-3-11(15(7-13)23-2)8-19(12-4-5-12)9-16-18-14(10-24-16)17(20)21/h3,6-7,10,12H,4-5,8-9H2,1-2H3,(H,20,21). The van der Waals surface area contributed by atoms with E-state index in [4.69, 9.17) is 19.0 Å². The van der Waals surface area contributed by atoms with Gasteiger partial charge in [-0.05, 0) is 18.9 Å². The van der Waals surface area contributed by atoms with Crippen molar-refractivity contribution in [3.05, 3.63) is 41.6 Å². The lowest BCUT2D eigenvalue weighted by Gasteiger charge is -2.21. The van der Waals surface area contributed by atoms with Crippen molar-refractivity contribution in [2.45, 2.75) is 32.0 Å². The van der Waals surface area contributed by atoms with Crippen LogP contribution in [0.2, 0.25) is 0 Å². The second kappa shape index (κ2) is 6.92. The van der Waals surface area contributed by atoms with E-state index < -0.39 is 5.97 Å². The predicted molar refractivity (Wildman–Crippen MR) is 85.3 cm³/mol. The first-order valence-electron chi connectivity index (χ1n) is 7.73. The number of hydrogen-bond donors (Lipinski definition) is 1. The smallest absolute Gasteiger partial charge is 0.357 e. The fourth-order valence-electron chi connectivity index (χ4n) is 2.61. The van der Waals surface area contributed by atoms with E-state index in [2.05, 4.69) is 9.88 Å². The van der Waals surface area contributed by atoms with Gasteiger partial charge in [0.25, 0.3) is 0 Å². The lowest BCUT2D eigenvalue weighted by atomic mass is 10.1. The summed E-state index contributed by atoms with van der Waals surface area (Å²) in [7, 11) is 3.25. The number of rotatable bonds is 8. The van der Waals surface area contributed by atoms with Crippen molar-refractivity contribution < 1.29 is 23.8 Å². The van der Waals surface area contributed by atoms with E-state index in [1.807, 2.05) is 18.2 Å². The number of methoxy groups -OCH3 is 2. The molecule has 1 aromatic carbocycles. The molecule has 0 aliphatic heterocycles. The topological polar surface area (TPSA) is 85.0 Å². The maximum atomic E-state index is 10.9. The largest absolute Gasteiger partial charge is 0.497 e. The number of aromatic nitrogens is 1. The van der Waals surface area contributed by atoms with Gasteiger partial charge in [0.1, 0.15) is 17.8 Å². The second-order valence-corrected chi connectivity index (χ2v) is 5.75. The van der Waals surface area contributed by atoms with Crippen molar-refractivity contribution in [3.63, 3.8) is 0 Å². The van der Waals surface area contributed by atoms with Gasteiger partial charge in [-0.15, -0.1) is 0 Å².